The molecule has 0 rings (SSSR count). The normalized spacial score (nSPS) is 14.8. The van der Waals surface area contributed by atoms with Gasteiger partial charge in [-0.1, -0.05) is 43.6 Å². The van der Waals surface area contributed by atoms with Gasteiger partial charge in [-0.2, -0.15) is 0 Å². The monoisotopic (exact) mass is 301 g/mol. The van der Waals surface area contributed by atoms with Crippen molar-refractivity contribution in [3.63, 3.8) is 0 Å². The number of amides is 1. The molecule has 3 heteroatoms. The summed E-state index contributed by atoms with van der Waals surface area (Å²) in [5.41, 5.74) is 0.233. The van der Waals surface area contributed by atoms with Crippen LogP contribution in [0.25, 0.3) is 0 Å². The molecular formula is C14H24BrNO. The summed E-state index contributed by atoms with van der Waals surface area (Å²) in [5.74, 6) is 2.78. The summed E-state index contributed by atoms with van der Waals surface area (Å²) in [6.07, 6.45) is 8.21. The number of hydrogen-bond acceptors (Lipinski definition) is 1. The summed E-state index contributed by atoms with van der Waals surface area (Å²) in [5, 5.41) is 3.31. The fourth-order valence-electron chi connectivity index (χ4n) is 2.17. The molecule has 0 radical (unpaired) electrons. The fraction of sp³-hybridized carbons (Fsp3) is 0.786. The minimum Gasteiger partial charge on any atom is -0.355 e. The number of carbonyl (C=O) groups is 1. The molecule has 0 aromatic rings. The summed E-state index contributed by atoms with van der Waals surface area (Å²) in [4.78, 5) is 11.3. The average Bonchev–Trinajstić information content (AvgIpc) is 2.25. The zero-order valence-electron chi connectivity index (χ0n) is 11.4. The van der Waals surface area contributed by atoms with Gasteiger partial charge in [-0.25, -0.2) is 0 Å². The van der Waals surface area contributed by atoms with Gasteiger partial charge in [-0.05, 0) is 23.7 Å². The molecule has 1 amide bonds. The highest BCUT2D eigenvalue weighted by atomic mass is 79.9. The van der Waals surface area contributed by atoms with Crippen molar-refractivity contribution in [2.24, 2.45) is 10.8 Å². The van der Waals surface area contributed by atoms with Crippen LogP contribution in [-0.4, -0.2) is 17.8 Å². The summed E-state index contributed by atoms with van der Waals surface area (Å²) in [6, 6.07) is 0. The van der Waals surface area contributed by atoms with E-state index in [1.54, 1.807) is 0 Å². The third-order valence-electron chi connectivity index (χ3n) is 3.17. The van der Waals surface area contributed by atoms with Crippen LogP contribution >= 0.6 is 15.9 Å². The second kappa shape index (κ2) is 7.06. The zero-order chi connectivity index (χ0) is 13.5. The van der Waals surface area contributed by atoms with Crippen LogP contribution in [0.2, 0.25) is 0 Å². The second-order valence-corrected chi connectivity index (χ2v) is 6.36. The van der Waals surface area contributed by atoms with Gasteiger partial charge in [0.1, 0.15) is 0 Å². The largest absolute Gasteiger partial charge is 0.355 e. The van der Waals surface area contributed by atoms with Gasteiger partial charge >= 0.3 is 0 Å². The number of terminal acetylenes is 1. The second-order valence-electron chi connectivity index (χ2n) is 5.80. The van der Waals surface area contributed by atoms with Crippen LogP contribution in [0.5, 0.6) is 0 Å². The SMILES string of the molecule is C#CCC(C)(C)CC(C)(CC)CNC(=O)CBr. The molecule has 0 saturated heterocycles. The molecule has 0 aromatic heterocycles. The number of alkyl halides is 1. The van der Waals surface area contributed by atoms with Gasteiger partial charge in [0, 0.05) is 13.0 Å². The Morgan fingerprint density at radius 2 is 2.00 bits per heavy atom. The Morgan fingerprint density at radius 3 is 2.41 bits per heavy atom. The van der Waals surface area contributed by atoms with Crippen molar-refractivity contribution < 1.29 is 4.79 Å². The number of hydrogen-bond donors (Lipinski definition) is 1. The lowest BCUT2D eigenvalue weighted by Gasteiger charge is -2.36. The van der Waals surface area contributed by atoms with Crippen molar-refractivity contribution >= 4 is 21.8 Å². The van der Waals surface area contributed by atoms with Crippen molar-refractivity contribution in [3.8, 4) is 12.3 Å². The Hall–Kier alpha value is -0.490. The Balaban J connectivity index is 4.47. The van der Waals surface area contributed by atoms with Gasteiger partial charge in [0.15, 0.2) is 0 Å². The van der Waals surface area contributed by atoms with Crippen LogP contribution in [0.1, 0.15) is 47.0 Å². The number of nitrogens with one attached hydrogen (secondary N) is 1. The lowest BCUT2D eigenvalue weighted by Crippen LogP contribution is -2.38. The number of carbonyl (C=O) groups excluding carboxylic acids is 1. The van der Waals surface area contributed by atoms with Crippen LogP contribution in [-0.2, 0) is 4.79 Å². The van der Waals surface area contributed by atoms with E-state index in [2.05, 4.69) is 54.9 Å². The van der Waals surface area contributed by atoms with Gasteiger partial charge in [-0.3, -0.25) is 4.79 Å². The Labute approximate surface area is 114 Å². The summed E-state index contributed by atoms with van der Waals surface area (Å²) in [7, 11) is 0. The Kier molecular flexibility index (Phi) is 6.85. The van der Waals surface area contributed by atoms with E-state index in [0.717, 1.165) is 19.3 Å². The van der Waals surface area contributed by atoms with E-state index in [1.165, 1.54) is 0 Å². The van der Waals surface area contributed by atoms with Crippen LogP contribution in [0.4, 0.5) is 0 Å². The summed E-state index contributed by atoms with van der Waals surface area (Å²) >= 11 is 3.15. The van der Waals surface area contributed by atoms with Gasteiger partial charge < -0.3 is 5.32 Å². The third-order valence-corrected chi connectivity index (χ3v) is 3.68. The predicted molar refractivity (Wildman–Crippen MR) is 77.0 cm³/mol. The van der Waals surface area contributed by atoms with E-state index >= 15 is 0 Å². The van der Waals surface area contributed by atoms with Crippen molar-refractivity contribution in [1.82, 2.24) is 5.32 Å². The molecule has 0 aliphatic rings. The van der Waals surface area contributed by atoms with Gasteiger partial charge in [0.2, 0.25) is 5.91 Å². The molecule has 0 spiro atoms. The van der Waals surface area contributed by atoms with Gasteiger partial charge in [0.05, 0.1) is 5.33 Å². The molecule has 0 fully saturated rings. The molecule has 0 aliphatic heterocycles. The first kappa shape index (κ1) is 16.5. The topological polar surface area (TPSA) is 29.1 Å². The highest BCUT2D eigenvalue weighted by Gasteiger charge is 2.30. The molecule has 1 N–H and O–H groups in total. The van der Waals surface area contributed by atoms with E-state index in [0.29, 0.717) is 11.9 Å². The van der Waals surface area contributed by atoms with Crippen molar-refractivity contribution in [2.75, 3.05) is 11.9 Å². The first-order chi connectivity index (χ1) is 7.78. The average molecular weight is 302 g/mol. The Bertz CT molecular complexity index is 293. The molecule has 98 valence electrons. The zero-order valence-corrected chi connectivity index (χ0v) is 13.0. The van der Waals surface area contributed by atoms with Crippen molar-refractivity contribution in [3.05, 3.63) is 0 Å². The lowest BCUT2D eigenvalue weighted by molar-refractivity contribution is -0.119. The molecule has 0 bridgehead atoms. The molecule has 0 heterocycles. The number of halogens is 1. The smallest absolute Gasteiger partial charge is 0.230 e. The Morgan fingerprint density at radius 1 is 1.41 bits per heavy atom. The molecule has 0 saturated carbocycles. The quantitative estimate of drug-likeness (QED) is 0.567. The van der Waals surface area contributed by atoms with Crippen molar-refractivity contribution in [2.45, 2.75) is 47.0 Å². The minimum atomic E-state index is 0.0411. The first-order valence-corrected chi connectivity index (χ1v) is 7.17. The third kappa shape index (κ3) is 6.73. The maximum absolute atomic E-state index is 11.3. The predicted octanol–water partition coefficient (Wildman–Crippen LogP) is 3.35. The molecule has 1 unspecified atom stereocenters. The molecular weight excluding hydrogens is 278 g/mol. The van der Waals surface area contributed by atoms with E-state index < -0.39 is 0 Å². The maximum Gasteiger partial charge on any atom is 0.230 e. The minimum absolute atomic E-state index is 0.0411. The summed E-state index contributed by atoms with van der Waals surface area (Å²) < 4.78 is 0. The highest BCUT2D eigenvalue weighted by molar-refractivity contribution is 9.09. The van der Waals surface area contributed by atoms with Crippen LogP contribution in [0.15, 0.2) is 0 Å². The van der Waals surface area contributed by atoms with Crippen molar-refractivity contribution in [1.29, 1.82) is 0 Å². The molecule has 0 aliphatic carbocycles. The van der Waals surface area contributed by atoms with E-state index in [9.17, 15) is 4.79 Å². The van der Waals surface area contributed by atoms with Gasteiger partial charge in [-0.15, -0.1) is 12.3 Å². The van der Waals surface area contributed by atoms with E-state index in [1.807, 2.05) is 0 Å². The van der Waals surface area contributed by atoms with Crippen LogP contribution < -0.4 is 5.32 Å². The highest BCUT2D eigenvalue weighted by Crippen LogP contribution is 2.37. The lowest BCUT2D eigenvalue weighted by atomic mass is 9.71. The standard InChI is InChI=1S/C14H24BrNO/c1-6-8-13(3,4)10-14(5,7-2)11-16-12(17)9-15/h1H,7-11H2,2-5H3,(H,16,17). The molecule has 0 aromatic carbocycles. The van der Waals surface area contributed by atoms with Crippen LogP contribution in [0, 0.1) is 23.2 Å². The fourth-order valence-corrected chi connectivity index (χ4v) is 2.36. The summed E-state index contributed by atoms with van der Waals surface area (Å²) in [6.45, 7) is 9.45. The van der Waals surface area contributed by atoms with E-state index in [4.69, 9.17) is 6.42 Å². The molecule has 17 heavy (non-hydrogen) atoms. The molecule has 1 atom stereocenters. The van der Waals surface area contributed by atoms with Crippen LogP contribution in [0.3, 0.4) is 0 Å². The molecule has 2 nitrogen and oxygen atoms in total. The van der Waals surface area contributed by atoms with Gasteiger partial charge in [0.25, 0.3) is 0 Å². The first-order valence-electron chi connectivity index (χ1n) is 6.05. The maximum atomic E-state index is 11.3. The van der Waals surface area contributed by atoms with E-state index in [-0.39, 0.29) is 16.7 Å². The number of rotatable bonds is 7.